The Balaban J connectivity index is 1.70. The zero-order valence-electron chi connectivity index (χ0n) is 16.6. The maximum absolute atomic E-state index is 13.4. The number of halogens is 2. The summed E-state index contributed by atoms with van der Waals surface area (Å²) in [6, 6.07) is 7.82. The van der Waals surface area contributed by atoms with Gasteiger partial charge < -0.3 is 0 Å². The van der Waals surface area contributed by atoms with Crippen molar-refractivity contribution in [1.29, 1.82) is 0 Å². The van der Waals surface area contributed by atoms with Crippen LogP contribution >= 0.6 is 0 Å². The molecule has 31 heavy (non-hydrogen) atoms. The molecular weight excluding hydrogens is 424 g/mol. The number of hydrogen-bond acceptors (Lipinski definition) is 5. The zero-order chi connectivity index (χ0) is 22.2. The van der Waals surface area contributed by atoms with E-state index >= 15 is 0 Å². The van der Waals surface area contributed by atoms with Gasteiger partial charge in [-0.2, -0.15) is 17.9 Å². The van der Waals surface area contributed by atoms with Gasteiger partial charge in [0.2, 0.25) is 0 Å². The smallest absolute Gasteiger partial charge is 0.278 e. The quantitative estimate of drug-likeness (QED) is 0.350. The second kappa shape index (κ2) is 7.88. The van der Waals surface area contributed by atoms with E-state index in [-0.39, 0.29) is 0 Å². The summed E-state index contributed by atoms with van der Waals surface area (Å²) in [5, 5.41) is 3.96. The molecule has 1 aromatic carbocycles. The SMILES string of the molecule is Cc1cc(-c2cccnc2)cn2c(C=NN(C)S(=O)(=O)c3cc(F)cc(F)c3)cnc12. The molecule has 0 bridgehead atoms. The van der Waals surface area contributed by atoms with Crippen LogP contribution in [0.4, 0.5) is 8.78 Å². The first kappa shape index (κ1) is 20.6. The largest absolute Gasteiger partial charge is 0.298 e. The van der Waals surface area contributed by atoms with E-state index in [2.05, 4.69) is 15.1 Å². The summed E-state index contributed by atoms with van der Waals surface area (Å²) in [5.74, 6) is -1.98. The number of imidazole rings is 1. The number of hydrogen-bond donors (Lipinski definition) is 0. The number of fused-ring (bicyclic) bond motifs is 1. The number of aryl methyl sites for hydroxylation is 1. The fraction of sp³-hybridized carbons (Fsp3) is 0.0952. The van der Waals surface area contributed by atoms with Gasteiger partial charge in [-0.05, 0) is 36.8 Å². The summed E-state index contributed by atoms with van der Waals surface area (Å²) in [5.41, 5.74) is 3.94. The predicted molar refractivity (Wildman–Crippen MR) is 112 cm³/mol. The Hall–Kier alpha value is -3.66. The molecule has 0 unspecified atom stereocenters. The van der Waals surface area contributed by atoms with Gasteiger partial charge in [0.25, 0.3) is 10.0 Å². The van der Waals surface area contributed by atoms with Crippen LogP contribution in [-0.2, 0) is 10.0 Å². The number of pyridine rings is 2. The lowest BCUT2D eigenvalue weighted by Crippen LogP contribution is -2.22. The van der Waals surface area contributed by atoms with Gasteiger partial charge in [0, 0.05) is 42.8 Å². The Bertz CT molecular complexity index is 1380. The van der Waals surface area contributed by atoms with Gasteiger partial charge in [-0.15, -0.1) is 0 Å². The first-order valence-electron chi connectivity index (χ1n) is 9.13. The Morgan fingerprint density at radius 1 is 1.10 bits per heavy atom. The van der Waals surface area contributed by atoms with Crippen LogP contribution < -0.4 is 0 Å². The van der Waals surface area contributed by atoms with Crippen LogP contribution in [0, 0.1) is 18.6 Å². The van der Waals surface area contributed by atoms with Gasteiger partial charge in [0.15, 0.2) is 0 Å². The fourth-order valence-electron chi connectivity index (χ4n) is 3.10. The highest BCUT2D eigenvalue weighted by Gasteiger charge is 2.21. The lowest BCUT2D eigenvalue weighted by Gasteiger charge is -2.13. The second-order valence-electron chi connectivity index (χ2n) is 6.82. The van der Waals surface area contributed by atoms with E-state index in [1.165, 1.54) is 13.3 Å². The third kappa shape index (κ3) is 4.02. The van der Waals surface area contributed by atoms with Crippen LogP contribution in [0.3, 0.4) is 0 Å². The van der Waals surface area contributed by atoms with E-state index in [9.17, 15) is 17.2 Å². The average molecular weight is 441 g/mol. The molecule has 3 aromatic heterocycles. The third-order valence-corrected chi connectivity index (χ3v) is 6.27. The molecule has 7 nitrogen and oxygen atoms in total. The van der Waals surface area contributed by atoms with E-state index in [0.29, 0.717) is 21.8 Å². The number of aromatic nitrogens is 3. The molecule has 0 aliphatic rings. The molecule has 0 atom stereocenters. The van der Waals surface area contributed by atoms with Crippen molar-refractivity contribution in [3.63, 3.8) is 0 Å². The van der Waals surface area contributed by atoms with E-state index in [1.807, 2.05) is 31.3 Å². The maximum Gasteiger partial charge on any atom is 0.278 e. The topological polar surface area (TPSA) is 79.9 Å². The summed E-state index contributed by atoms with van der Waals surface area (Å²) in [6.07, 6.45) is 8.15. The fourth-order valence-corrected chi connectivity index (χ4v) is 4.09. The van der Waals surface area contributed by atoms with E-state index in [1.54, 1.807) is 23.0 Å². The van der Waals surface area contributed by atoms with Crippen LogP contribution in [0.25, 0.3) is 16.8 Å². The standard InChI is InChI=1S/C21H17F2N5O2S/c1-14-6-16(15-4-3-5-24-10-15)13-28-19(11-25-21(14)28)12-26-27(2)31(29,30)20-8-17(22)7-18(23)9-20/h3-13H,1-2H3. The van der Waals surface area contributed by atoms with Gasteiger partial charge >= 0.3 is 0 Å². The monoisotopic (exact) mass is 441 g/mol. The average Bonchev–Trinajstić information content (AvgIpc) is 3.15. The molecule has 10 heteroatoms. The van der Waals surface area contributed by atoms with Gasteiger partial charge in [-0.1, -0.05) is 6.07 Å². The van der Waals surface area contributed by atoms with Crippen LogP contribution in [0.2, 0.25) is 0 Å². The molecule has 0 N–H and O–H groups in total. The van der Waals surface area contributed by atoms with Crippen molar-refractivity contribution in [2.75, 3.05) is 7.05 Å². The Morgan fingerprint density at radius 3 is 2.52 bits per heavy atom. The lowest BCUT2D eigenvalue weighted by molar-refractivity contribution is 0.487. The number of nitrogens with zero attached hydrogens (tertiary/aromatic N) is 5. The van der Waals surface area contributed by atoms with Crippen LogP contribution in [0.1, 0.15) is 11.3 Å². The number of rotatable bonds is 5. The summed E-state index contributed by atoms with van der Waals surface area (Å²) in [6.45, 7) is 1.91. The Kier molecular flexibility index (Phi) is 5.24. The van der Waals surface area contributed by atoms with Gasteiger partial charge in [0.1, 0.15) is 17.3 Å². The normalized spacial score (nSPS) is 12.0. The van der Waals surface area contributed by atoms with Crippen molar-refractivity contribution in [1.82, 2.24) is 18.8 Å². The van der Waals surface area contributed by atoms with E-state index in [0.717, 1.165) is 28.8 Å². The van der Waals surface area contributed by atoms with Crippen molar-refractivity contribution in [2.24, 2.45) is 5.10 Å². The molecule has 158 valence electrons. The van der Waals surface area contributed by atoms with Gasteiger partial charge in [-0.3, -0.25) is 9.38 Å². The minimum atomic E-state index is -4.23. The first-order valence-corrected chi connectivity index (χ1v) is 10.6. The molecule has 0 fully saturated rings. The highest BCUT2D eigenvalue weighted by Crippen LogP contribution is 2.23. The van der Waals surface area contributed by atoms with E-state index in [4.69, 9.17) is 0 Å². The molecule has 4 rings (SSSR count). The Labute approximate surface area is 177 Å². The summed E-state index contributed by atoms with van der Waals surface area (Å²) >= 11 is 0. The van der Waals surface area contributed by atoms with Gasteiger partial charge in [-0.25, -0.2) is 13.8 Å². The molecule has 0 saturated heterocycles. The molecule has 0 aliphatic heterocycles. The third-order valence-electron chi connectivity index (χ3n) is 4.65. The predicted octanol–water partition coefficient (Wildman–Crippen LogP) is 3.64. The molecule has 0 amide bonds. The number of hydrazone groups is 1. The zero-order valence-corrected chi connectivity index (χ0v) is 17.4. The molecule has 0 spiro atoms. The Morgan fingerprint density at radius 2 is 1.84 bits per heavy atom. The first-order chi connectivity index (χ1) is 14.8. The second-order valence-corrected chi connectivity index (χ2v) is 8.77. The minimum Gasteiger partial charge on any atom is -0.298 e. The molecular formula is C21H17F2N5O2S. The van der Waals surface area contributed by atoms with Crippen LogP contribution in [0.5, 0.6) is 0 Å². The lowest BCUT2D eigenvalue weighted by atomic mass is 10.1. The summed E-state index contributed by atoms with van der Waals surface area (Å²) < 4.78 is 54.5. The molecule has 0 radical (unpaired) electrons. The highest BCUT2D eigenvalue weighted by molar-refractivity contribution is 7.89. The maximum atomic E-state index is 13.4. The van der Waals surface area contributed by atoms with E-state index < -0.39 is 26.6 Å². The van der Waals surface area contributed by atoms with Crippen molar-refractivity contribution >= 4 is 21.9 Å². The summed E-state index contributed by atoms with van der Waals surface area (Å²) in [7, 11) is -3.05. The van der Waals surface area contributed by atoms with Crippen molar-refractivity contribution in [3.05, 3.63) is 84.1 Å². The number of benzene rings is 1. The molecule has 4 aromatic rings. The minimum absolute atomic E-state index is 0.524. The van der Waals surface area contributed by atoms with Gasteiger partial charge in [0.05, 0.1) is 23.0 Å². The van der Waals surface area contributed by atoms with Crippen molar-refractivity contribution in [3.8, 4) is 11.1 Å². The molecule has 3 heterocycles. The summed E-state index contributed by atoms with van der Waals surface area (Å²) in [4.78, 5) is 7.96. The van der Waals surface area contributed by atoms with Crippen LogP contribution in [0.15, 0.2) is 71.2 Å². The highest BCUT2D eigenvalue weighted by atomic mass is 32.2. The number of sulfonamides is 1. The van der Waals surface area contributed by atoms with Crippen LogP contribution in [-0.4, -0.2) is 40.5 Å². The van der Waals surface area contributed by atoms with Crippen molar-refractivity contribution < 1.29 is 17.2 Å². The molecule has 0 saturated carbocycles. The molecule has 0 aliphatic carbocycles. The van der Waals surface area contributed by atoms with Crippen molar-refractivity contribution in [2.45, 2.75) is 11.8 Å².